The lowest BCUT2D eigenvalue weighted by molar-refractivity contribution is 0.0693. The summed E-state index contributed by atoms with van der Waals surface area (Å²) in [4.78, 5) is 28.3. The maximum atomic E-state index is 12.8. The lowest BCUT2D eigenvalue weighted by Gasteiger charge is -2.26. The van der Waals surface area contributed by atoms with E-state index >= 15 is 0 Å². The Labute approximate surface area is 165 Å². The van der Waals surface area contributed by atoms with E-state index in [1.165, 1.54) is 12.1 Å². The smallest absolute Gasteiger partial charge is 0.339 e. The molecule has 1 heterocycles. The van der Waals surface area contributed by atoms with E-state index in [2.05, 4.69) is 18.7 Å². The molecule has 0 radical (unpaired) electrons. The monoisotopic (exact) mass is 382 g/mol. The van der Waals surface area contributed by atoms with Crippen molar-refractivity contribution in [2.24, 2.45) is 0 Å². The third kappa shape index (κ3) is 4.02. The second-order valence-corrected chi connectivity index (χ2v) is 7.03. The fourth-order valence-electron chi connectivity index (χ4n) is 3.84. The van der Waals surface area contributed by atoms with E-state index in [1.807, 2.05) is 17.0 Å². The number of aromatic hydroxyl groups is 1. The van der Waals surface area contributed by atoms with E-state index in [9.17, 15) is 14.7 Å². The third-order valence-corrected chi connectivity index (χ3v) is 5.47. The van der Waals surface area contributed by atoms with E-state index in [0.717, 1.165) is 38.2 Å². The summed E-state index contributed by atoms with van der Waals surface area (Å²) in [6, 6.07) is 12.1. The van der Waals surface area contributed by atoms with Gasteiger partial charge in [0.15, 0.2) is 0 Å². The summed E-state index contributed by atoms with van der Waals surface area (Å²) in [6.45, 7) is 7.78. The molecule has 2 aromatic rings. The summed E-state index contributed by atoms with van der Waals surface area (Å²) >= 11 is 0. The number of hydrogen-bond acceptors (Lipinski definition) is 4. The predicted octanol–water partition coefficient (Wildman–Crippen LogP) is 3.31. The van der Waals surface area contributed by atoms with Crippen LogP contribution in [-0.2, 0) is 0 Å². The van der Waals surface area contributed by atoms with Gasteiger partial charge in [-0.05, 0) is 54.9 Å². The highest BCUT2D eigenvalue weighted by Crippen LogP contribution is 2.27. The standard InChI is InChI=1S/C22H26N2O4/c1-3-23(4-2)18-11-12-24(14-18)21(26)16-7-5-15(6-8-16)17-9-10-20(25)19(13-17)22(27)28/h5-10,13,18,25H,3-4,11-12,14H2,1-2H3,(H,27,28)/t18-/m0/s1. The molecule has 1 aliphatic rings. The number of nitrogens with zero attached hydrogens (tertiary/aromatic N) is 2. The fraction of sp³-hybridized carbons (Fsp3) is 0.364. The van der Waals surface area contributed by atoms with Crippen LogP contribution in [0.15, 0.2) is 42.5 Å². The minimum Gasteiger partial charge on any atom is -0.507 e. The first-order valence-corrected chi connectivity index (χ1v) is 9.64. The molecule has 0 unspecified atom stereocenters. The zero-order valence-electron chi connectivity index (χ0n) is 16.3. The fourth-order valence-corrected chi connectivity index (χ4v) is 3.84. The molecule has 2 aromatic carbocycles. The van der Waals surface area contributed by atoms with Crippen LogP contribution in [-0.4, -0.2) is 64.1 Å². The Bertz CT molecular complexity index is 859. The van der Waals surface area contributed by atoms with Crippen molar-refractivity contribution in [2.75, 3.05) is 26.2 Å². The Kier molecular flexibility index (Phi) is 5.99. The van der Waals surface area contributed by atoms with Crippen LogP contribution in [0.4, 0.5) is 0 Å². The zero-order valence-corrected chi connectivity index (χ0v) is 16.3. The number of carboxylic acids is 1. The van der Waals surface area contributed by atoms with Crippen molar-refractivity contribution in [1.82, 2.24) is 9.80 Å². The minimum absolute atomic E-state index is 0.0261. The number of aromatic carboxylic acids is 1. The van der Waals surface area contributed by atoms with Crippen LogP contribution in [0, 0.1) is 0 Å². The number of likely N-dealkylation sites (tertiary alicyclic amines) is 1. The van der Waals surface area contributed by atoms with Crippen LogP contribution >= 0.6 is 0 Å². The largest absolute Gasteiger partial charge is 0.507 e. The minimum atomic E-state index is -1.18. The van der Waals surface area contributed by atoms with E-state index < -0.39 is 5.97 Å². The number of carbonyl (C=O) groups is 2. The molecule has 2 N–H and O–H groups in total. The van der Waals surface area contributed by atoms with E-state index in [0.29, 0.717) is 17.2 Å². The molecular formula is C22H26N2O4. The number of benzene rings is 2. The summed E-state index contributed by atoms with van der Waals surface area (Å²) in [5.74, 6) is -1.42. The summed E-state index contributed by atoms with van der Waals surface area (Å²) in [5, 5.41) is 18.8. The molecule has 3 rings (SSSR count). The summed E-state index contributed by atoms with van der Waals surface area (Å²) in [5.41, 5.74) is 1.96. The first-order valence-electron chi connectivity index (χ1n) is 9.64. The van der Waals surface area contributed by atoms with Crippen LogP contribution < -0.4 is 0 Å². The molecule has 0 aromatic heterocycles. The van der Waals surface area contributed by atoms with Crippen molar-refractivity contribution >= 4 is 11.9 Å². The van der Waals surface area contributed by atoms with E-state index in [4.69, 9.17) is 5.11 Å². The quantitative estimate of drug-likeness (QED) is 0.801. The molecule has 0 bridgehead atoms. The third-order valence-electron chi connectivity index (χ3n) is 5.47. The molecule has 1 fully saturated rings. The molecule has 6 heteroatoms. The molecule has 6 nitrogen and oxygen atoms in total. The number of amides is 1. The van der Waals surface area contributed by atoms with Crippen molar-refractivity contribution < 1.29 is 19.8 Å². The summed E-state index contributed by atoms with van der Waals surface area (Å²) in [6.07, 6.45) is 0.997. The highest BCUT2D eigenvalue weighted by molar-refractivity contribution is 5.95. The number of phenols is 1. The van der Waals surface area contributed by atoms with Gasteiger partial charge in [-0.15, -0.1) is 0 Å². The summed E-state index contributed by atoms with van der Waals surface area (Å²) in [7, 11) is 0. The SMILES string of the molecule is CCN(CC)[C@H]1CCN(C(=O)c2ccc(-c3ccc(O)c(C(=O)O)c3)cc2)C1. The normalized spacial score (nSPS) is 16.5. The van der Waals surface area contributed by atoms with Crippen LogP contribution in [0.3, 0.4) is 0 Å². The van der Waals surface area contributed by atoms with E-state index in [1.54, 1.807) is 18.2 Å². The second-order valence-electron chi connectivity index (χ2n) is 7.03. The first kappa shape index (κ1) is 19.9. The number of rotatable bonds is 6. The molecule has 0 aliphatic carbocycles. The van der Waals surface area contributed by atoms with Gasteiger partial charge < -0.3 is 15.1 Å². The number of likely N-dealkylation sites (N-methyl/N-ethyl adjacent to an activating group) is 1. The number of carbonyl (C=O) groups excluding carboxylic acids is 1. The first-order chi connectivity index (χ1) is 13.4. The average molecular weight is 382 g/mol. The van der Waals surface area contributed by atoms with Gasteiger partial charge in [0.25, 0.3) is 5.91 Å². The molecule has 1 amide bonds. The lowest BCUT2D eigenvalue weighted by atomic mass is 10.0. The van der Waals surface area contributed by atoms with Crippen molar-refractivity contribution in [3.05, 3.63) is 53.6 Å². The zero-order chi connectivity index (χ0) is 20.3. The van der Waals surface area contributed by atoms with Crippen molar-refractivity contribution in [3.8, 4) is 16.9 Å². The lowest BCUT2D eigenvalue weighted by Crippen LogP contribution is -2.38. The highest BCUT2D eigenvalue weighted by atomic mass is 16.4. The predicted molar refractivity (Wildman–Crippen MR) is 108 cm³/mol. The van der Waals surface area contributed by atoms with Gasteiger partial charge in [-0.3, -0.25) is 9.69 Å². The van der Waals surface area contributed by atoms with Gasteiger partial charge in [0.2, 0.25) is 0 Å². The van der Waals surface area contributed by atoms with Gasteiger partial charge in [-0.1, -0.05) is 32.0 Å². The number of carboxylic acid groups (broad SMARTS) is 1. The van der Waals surface area contributed by atoms with Crippen molar-refractivity contribution in [1.29, 1.82) is 0 Å². The Morgan fingerprint density at radius 2 is 1.71 bits per heavy atom. The maximum absolute atomic E-state index is 12.8. The molecule has 28 heavy (non-hydrogen) atoms. The van der Waals surface area contributed by atoms with Crippen molar-refractivity contribution in [2.45, 2.75) is 26.3 Å². The average Bonchev–Trinajstić information content (AvgIpc) is 3.18. The molecule has 148 valence electrons. The van der Waals surface area contributed by atoms with E-state index in [-0.39, 0.29) is 17.2 Å². The topological polar surface area (TPSA) is 81.1 Å². The van der Waals surface area contributed by atoms with Gasteiger partial charge in [-0.2, -0.15) is 0 Å². The summed E-state index contributed by atoms with van der Waals surface area (Å²) < 4.78 is 0. The second kappa shape index (κ2) is 8.44. The number of hydrogen-bond donors (Lipinski definition) is 2. The Morgan fingerprint density at radius 1 is 1.07 bits per heavy atom. The Balaban J connectivity index is 1.74. The van der Waals surface area contributed by atoms with Crippen LogP contribution in [0.5, 0.6) is 5.75 Å². The van der Waals surface area contributed by atoms with Gasteiger partial charge >= 0.3 is 5.97 Å². The van der Waals surface area contributed by atoms with Crippen molar-refractivity contribution in [3.63, 3.8) is 0 Å². The molecule has 1 saturated heterocycles. The van der Waals surface area contributed by atoms with Crippen LogP contribution in [0.2, 0.25) is 0 Å². The molecular weight excluding hydrogens is 356 g/mol. The molecule has 0 saturated carbocycles. The van der Waals surface area contributed by atoms with Gasteiger partial charge in [0.1, 0.15) is 11.3 Å². The molecule has 1 atom stereocenters. The van der Waals surface area contributed by atoms with Gasteiger partial charge in [0, 0.05) is 24.7 Å². The Hall–Kier alpha value is -2.86. The molecule has 1 aliphatic heterocycles. The maximum Gasteiger partial charge on any atom is 0.339 e. The van der Waals surface area contributed by atoms with Gasteiger partial charge in [-0.25, -0.2) is 4.79 Å². The highest BCUT2D eigenvalue weighted by Gasteiger charge is 2.29. The van der Waals surface area contributed by atoms with Crippen LogP contribution in [0.1, 0.15) is 41.0 Å². The Morgan fingerprint density at radius 3 is 2.32 bits per heavy atom. The molecule has 0 spiro atoms. The van der Waals surface area contributed by atoms with Gasteiger partial charge in [0.05, 0.1) is 0 Å². The van der Waals surface area contributed by atoms with Crippen LogP contribution in [0.25, 0.3) is 11.1 Å².